The molecule has 1 saturated carbocycles. The van der Waals surface area contributed by atoms with Gasteiger partial charge in [-0.15, -0.1) is 0 Å². The van der Waals surface area contributed by atoms with Gasteiger partial charge in [0.2, 0.25) is 12.2 Å². The number of amides is 1. The number of carbonyl (C=O) groups is 3. The van der Waals surface area contributed by atoms with Crippen molar-refractivity contribution in [1.29, 1.82) is 0 Å². The zero-order chi connectivity index (χ0) is 30.2. The van der Waals surface area contributed by atoms with Crippen molar-refractivity contribution >= 4 is 17.8 Å². The van der Waals surface area contributed by atoms with Crippen LogP contribution in [0.3, 0.4) is 0 Å². The van der Waals surface area contributed by atoms with Gasteiger partial charge in [-0.25, -0.2) is 9.59 Å². The highest BCUT2D eigenvalue weighted by molar-refractivity contribution is 5.86. The summed E-state index contributed by atoms with van der Waals surface area (Å²) in [5.74, 6) is -1.28. The number of esters is 2. The number of rotatable bonds is 10. The zero-order valence-corrected chi connectivity index (χ0v) is 24.0. The summed E-state index contributed by atoms with van der Waals surface area (Å²) in [7, 11) is 0. The Morgan fingerprint density at radius 1 is 0.857 bits per heavy atom. The van der Waals surface area contributed by atoms with Crippen LogP contribution < -0.4 is 5.32 Å². The van der Waals surface area contributed by atoms with E-state index in [1.165, 1.54) is 0 Å². The lowest BCUT2D eigenvalue weighted by atomic mass is 9.76. The van der Waals surface area contributed by atoms with E-state index in [0.29, 0.717) is 17.4 Å². The van der Waals surface area contributed by atoms with E-state index in [4.69, 9.17) is 14.2 Å². The van der Waals surface area contributed by atoms with Crippen LogP contribution in [-0.2, 0) is 41.6 Å². The summed E-state index contributed by atoms with van der Waals surface area (Å²) in [6.07, 6.45) is -5.59. The molecule has 0 aromatic heterocycles. The molecule has 2 fully saturated rings. The molecule has 4 rings (SSSR count). The van der Waals surface area contributed by atoms with Crippen LogP contribution in [0.25, 0.3) is 0 Å². The highest BCUT2D eigenvalue weighted by Crippen LogP contribution is 2.33. The van der Waals surface area contributed by atoms with Crippen LogP contribution in [0.1, 0.15) is 50.7 Å². The van der Waals surface area contributed by atoms with E-state index >= 15 is 0 Å². The van der Waals surface area contributed by atoms with Gasteiger partial charge in [0.25, 0.3) is 0 Å². The Morgan fingerprint density at radius 2 is 1.45 bits per heavy atom. The second-order valence-corrected chi connectivity index (χ2v) is 11.5. The van der Waals surface area contributed by atoms with E-state index in [1.54, 1.807) is 30.3 Å². The largest absolute Gasteiger partial charge is 0.459 e. The third-order valence-corrected chi connectivity index (χ3v) is 8.23. The Bertz CT molecular complexity index is 1170. The lowest BCUT2D eigenvalue weighted by molar-refractivity contribution is -0.288. The Morgan fingerprint density at radius 3 is 2.05 bits per heavy atom. The molecule has 1 saturated heterocycles. The predicted molar refractivity (Wildman–Crippen MR) is 151 cm³/mol. The fraction of sp³-hybridized carbons (Fsp3) is 0.531. The lowest BCUT2D eigenvalue weighted by Gasteiger charge is -2.39. The van der Waals surface area contributed by atoms with Crippen molar-refractivity contribution < 1.29 is 43.9 Å². The molecule has 10 heteroatoms. The van der Waals surface area contributed by atoms with Crippen molar-refractivity contribution in [3.63, 3.8) is 0 Å². The number of carbonyl (C=O) groups excluding carboxylic acids is 3. The number of aliphatic hydroxyl groups is 3. The number of nitrogens with one attached hydrogen (secondary N) is 1. The van der Waals surface area contributed by atoms with Crippen LogP contribution in [0.5, 0.6) is 0 Å². The first kappa shape index (κ1) is 31.6. The molecular formula is C32H41NO9. The third-order valence-electron chi connectivity index (χ3n) is 8.23. The number of hydrogen-bond acceptors (Lipinski definition) is 9. The van der Waals surface area contributed by atoms with E-state index in [0.717, 1.165) is 31.2 Å². The Labute approximate surface area is 246 Å². The fourth-order valence-corrected chi connectivity index (χ4v) is 5.53. The van der Waals surface area contributed by atoms with Crippen molar-refractivity contribution in [3.8, 4) is 0 Å². The minimum Gasteiger partial charge on any atom is -0.459 e. The summed E-state index contributed by atoms with van der Waals surface area (Å²) in [5, 5.41) is 34.2. The molecule has 1 amide bonds. The molecule has 6 atom stereocenters. The lowest BCUT2D eigenvalue weighted by Crippen LogP contribution is -2.61. The minimum absolute atomic E-state index is 0.111. The zero-order valence-electron chi connectivity index (χ0n) is 24.0. The molecular weight excluding hydrogens is 542 g/mol. The molecule has 228 valence electrons. The first-order valence-electron chi connectivity index (χ1n) is 14.6. The molecule has 2 aromatic carbocycles. The van der Waals surface area contributed by atoms with Crippen molar-refractivity contribution in [2.45, 2.75) is 89.3 Å². The highest BCUT2D eigenvalue weighted by Gasteiger charge is 2.49. The van der Waals surface area contributed by atoms with Gasteiger partial charge < -0.3 is 34.8 Å². The Balaban J connectivity index is 1.43. The van der Waals surface area contributed by atoms with Gasteiger partial charge in [0.15, 0.2) is 6.10 Å². The van der Waals surface area contributed by atoms with Gasteiger partial charge in [-0.2, -0.15) is 0 Å². The van der Waals surface area contributed by atoms with Crippen LogP contribution in [0.15, 0.2) is 60.7 Å². The molecule has 10 nitrogen and oxygen atoms in total. The first-order chi connectivity index (χ1) is 20.1. The maximum Gasteiger partial charge on any atom is 0.338 e. The molecule has 0 unspecified atom stereocenters. The van der Waals surface area contributed by atoms with Gasteiger partial charge in [-0.3, -0.25) is 4.79 Å². The average Bonchev–Trinajstić information content (AvgIpc) is 3.00. The highest BCUT2D eigenvalue weighted by atomic mass is 16.7. The van der Waals surface area contributed by atoms with Gasteiger partial charge in [0, 0.05) is 12.3 Å². The van der Waals surface area contributed by atoms with E-state index < -0.39 is 48.7 Å². The van der Waals surface area contributed by atoms with Gasteiger partial charge in [0.05, 0.1) is 0 Å². The normalized spacial score (nSPS) is 28.5. The summed E-state index contributed by atoms with van der Waals surface area (Å²) in [5.41, 5.74) is 1.46. The van der Waals surface area contributed by atoms with Crippen LogP contribution >= 0.6 is 0 Å². The summed E-state index contributed by atoms with van der Waals surface area (Å²) in [6.45, 7) is 4.25. The topological polar surface area (TPSA) is 152 Å². The second kappa shape index (κ2) is 14.7. The maximum atomic E-state index is 13.4. The molecule has 1 heterocycles. The number of benzene rings is 2. The molecule has 0 bridgehead atoms. The molecule has 1 aliphatic heterocycles. The van der Waals surface area contributed by atoms with E-state index in [2.05, 4.69) is 19.2 Å². The molecule has 2 aliphatic rings. The summed E-state index contributed by atoms with van der Waals surface area (Å²) >= 11 is 0. The first-order valence-corrected chi connectivity index (χ1v) is 14.6. The fourth-order valence-electron chi connectivity index (χ4n) is 5.53. The average molecular weight is 584 g/mol. The molecule has 4 N–H and O–H groups in total. The minimum atomic E-state index is -1.86. The molecule has 1 aliphatic carbocycles. The van der Waals surface area contributed by atoms with E-state index in [1.807, 2.05) is 30.3 Å². The monoisotopic (exact) mass is 583 g/mol. The number of hydrogen-bond donors (Lipinski definition) is 4. The van der Waals surface area contributed by atoms with E-state index in [-0.39, 0.29) is 24.9 Å². The Kier molecular flexibility index (Phi) is 11.1. The van der Waals surface area contributed by atoms with Crippen molar-refractivity contribution in [2.24, 2.45) is 17.8 Å². The summed E-state index contributed by atoms with van der Waals surface area (Å²) in [6, 6.07) is 16.8. The predicted octanol–water partition coefficient (Wildman–Crippen LogP) is 2.27. The van der Waals surface area contributed by atoms with Crippen molar-refractivity contribution in [2.75, 3.05) is 0 Å². The second-order valence-electron chi connectivity index (χ2n) is 11.5. The summed E-state index contributed by atoms with van der Waals surface area (Å²) < 4.78 is 16.1. The maximum absolute atomic E-state index is 13.4. The number of aliphatic hydroxyl groups excluding tert-OH is 3. The molecule has 42 heavy (non-hydrogen) atoms. The van der Waals surface area contributed by atoms with Crippen LogP contribution in [-0.4, -0.2) is 69.9 Å². The van der Waals surface area contributed by atoms with Gasteiger partial charge in [-0.05, 0) is 48.6 Å². The van der Waals surface area contributed by atoms with Crippen molar-refractivity contribution in [3.05, 3.63) is 71.8 Å². The van der Waals surface area contributed by atoms with Gasteiger partial charge in [0.1, 0.15) is 31.0 Å². The van der Waals surface area contributed by atoms with Crippen LogP contribution in [0.4, 0.5) is 0 Å². The standard InChI is InChI=1S/C32H41NO9/c1-19(2)22-13-15-23(16-14-22)29(37)33-24(17-20-9-5-3-6-10-20)30(38)42-32-27(36)25(34)26(35)28(41-32)31(39)40-18-21-11-7-4-8-12-21/h3-12,19,22-28,32,34-36H,13-18H2,1-2H3,(H,33,37)/t22?,23?,24-,25-,26-,27+,28-,32-/m0/s1. The quantitative estimate of drug-likeness (QED) is 0.309. The molecule has 2 aromatic rings. The van der Waals surface area contributed by atoms with Gasteiger partial charge in [-0.1, -0.05) is 74.5 Å². The van der Waals surface area contributed by atoms with Gasteiger partial charge >= 0.3 is 11.9 Å². The van der Waals surface area contributed by atoms with E-state index in [9.17, 15) is 29.7 Å². The molecule has 0 spiro atoms. The van der Waals surface area contributed by atoms with Crippen LogP contribution in [0, 0.1) is 17.8 Å². The smallest absolute Gasteiger partial charge is 0.338 e. The summed E-state index contributed by atoms with van der Waals surface area (Å²) in [4.78, 5) is 39.4. The van der Waals surface area contributed by atoms with Crippen molar-refractivity contribution in [1.82, 2.24) is 5.32 Å². The van der Waals surface area contributed by atoms with Crippen LogP contribution in [0.2, 0.25) is 0 Å². The third kappa shape index (κ3) is 8.16. The number of ether oxygens (including phenoxy) is 3. The Hall–Kier alpha value is -3.31. The molecule has 0 radical (unpaired) electrons. The SMILES string of the molecule is CC(C)C1CCC(C(=O)N[C@@H](Cc2ccccc2)C(=O)O[C@@H]2O[C@H](C(=O)OCc3ccccc3)[C@@H](O)[C@H](O)[C@H]2O)CC1.